The molecule has 4 heteroatoms. The fraction of sp³-hybridized carbons (Fsp3) is 0.889. The van der Waals surface area contributed by atoms with Gasteiger partial charge in [-0.25, -0.2) is 0 Å². The largest absolute Gasteiger partial charge is 0.460 e. The van der Waals surface area contributed by atoms with Crippen molar-refractivity contribution in [3.05, 3.63) is 0 Å². The van der Waals surface area contributed by atoms with Crippen molar-refractivity contribution >= 4 is 11.9 Å². The summed E-state index contributed by atoms with van der Waals surface area (Å²) in [6.07, 6.45) is 4.72. The molecule has 0 aliphatic rings. The molecule has 0 rings (SSSR count). The number of rotatable bonds is 8. The van der Waals surface area contributed by atoms with Gasteiger partial charge in [-0.15, -0.1) is 0 Å². The molecular formula is C18H34O4. The molecule has 0 aliphatic carbocycles. The van der Waals surface area contributed by atoms with Crippen molar-refractivity contribution in [2.45, 2.75) is 98.2 Å². The smallest absolute Gasteiger partial charge is 0.309 e. The van der Waals surface area contributed by atoms with Crippen LogP contribution in [0.5, 0.6) is 0 Å². The molecule has 0 aromatic rings. The van der Waals surface area contributed by atoms with Crippen LogP contribution < -0.4 is 0 Å². The molecule has 0 aliphatic heterocycles. The van der Waals surface area contributed by atoms with E-state index in [1.54, 1.807) is 0 Å². The predicted molar refractivity (Wildman–Crippen MR) is 88.6 cm³/mol. The van der Waals surface area contributed by atoms with Crippen LogP contribution in [0.3, 0.4) is 0 Å². The van der Waals surface area contributed by atoms with E-state index in [9.17, 15) is 9.59 Å². The normalized spacial score (nSPS) is 13.6. The Morgan fingerprint density at radius 2 is 1.41 bits per heavy atom. The Bertz CT molecular complexity index is 347. The summed E-state index contributed by atoms with van der Waals surface area (Å²) < 4.78 is 10.7. The van der Waals surface area contributed by atoms with E-state index >= 15 is 0 Å². The maximum absolute atomic E-state index is 12.0. The summed E-state index contributed by atoms with van der Waals surface area (Å²) in [5.41, 5.74) is -0.845. The van der Waals surface area contributed by atoms with Crippen LogP contribution in [0.15, 0.2) is 0 Å². The van der Waals surface area contributed by atoms with Gasteiger partial charge in [-0.2, -0.15) is 0 Å². The Kier molecular flexibility index (Phi) is 8.72. The Morgan fingerprint density at radius 3 is 1.86 bits per heavy atom. The van der Waals surface area contributed by atoms with Gasteiger partial charge in [-0.05, 0) is 60.8 Å². The summed E-state index contributed by atoms with van der Waals surface area (Å²) in [4.78, 5) is 23.6. The summed E-state index contributed by atoms with van der Waals surface area (Å²) in [5.74, 6) is -0.297. The van der Waals surface area contributed by atoms with E-state index in [2.05, 4.69) is 0 Å². The predicted octanol–water partition coefficient (Wildman–Crippen LogP) is 4.65. The first-order chi connectivity index (χ1) is 9.94. The highest BCUT2D eigenvalue weighted by molar-refractivity contribution is 5.72. The molecule has 0 saturated heterocycles. The highest BCUT2D eigenvalue weighted by Gasteiger charge is 2.23. The first kappa shape index (κ1) is 20.9. The number of hydrogen-bond acceptors (Lipinski definition) is 4. The van der Waals surface area contributed by atoms with Crippen molar-refractivity contribution in [2.24, 2.45) is 5.92 Å². The summed E-state index contributed by atoms with van der Waals surface area (Å²) in [6.45, 7) is 13.3. The van der Waals surface area contributed by atoms with Gasteiger partial charge in [0.15, 0.2) is 0 Å². The molecular weight excluding hydrogens is 280 g/mol. The van der Waals surface area contributed by atoms with Crippen LogP contribution in [0.4, 0.5) is 0 Å². The number of hydrogen-bond donors (Lipinski definition) is 0. The van der Waals surface area contributed by atoms with Crippen LogP contribution in [0.2, 0.25) is 0 Å². The van der Waals surface area contributed by atoms with E-state index < -0.39 is 11.2 Å². The van der Waals surface area contributed by atoms with Crippen molar-refractivity contribution in [1.29, 1.82) is 0 Å². The number of unbranched alkanes of at least 4 members (excludes halogenated alkanes) is 2. The minimum absolute atomic E-state index is 0.0410. The standard InChI is InChI=1S/C18H34O4/c1-8-14(16(20)22-18(5,6)7)12-10-9-11-13-15(19)21-17(2,3)4/h14H,8-13H2,1-7H3. The molecule has 130 valence electrons. The number of esters is 2. The van der Waals surface area contributed by atoms with Gasteiger partial charge in [-0.3, -0.25) is 9.59 Å². The zero-order valence-corrected chi connectivity index (χ0v) is 15.5. The van der Waals surface area contributed by atoms with Crippen LogP contribution in [-0.4, -0.2) is 23.1 Å². The molecule has 1 atom stereocenters. The Morgan fingerprint density at radius 1 is 0.864 bits per heavy atom. The number of ether oxygens (including phenoxy) is 2. The minimum atomic E-state index is -0.429. The lowest BCUT2D eigenvalue weighted by Gasteiger charge is -2.23. The first-order valence-corrected chi connectivity index (χ1v) is 8.39. The molecule has 0 amide bonds. The number of carbonyl (C=O) groups excluding carboxylic acids is 2. The molecule has 0 aromatic carbocycles. The van der Waals surface area contributed by atoms with Gasteiger partial charge in [0.2, 0.25) is 0 Å². The van der Waals surface area contributed by atoms with E-state index in [4.69, 9.17) is 9.47 Å². The maximum Gasteiger partial charge on any atom is 0.309 e. The molecule has 4 nitrogen and oxygen atoms in total. The highest BCUT2D eigenvalue weighted by atomic mass is 16.6. The van der Waals surface area contributed by atoms with Crippen molar-refractivity contribution in [3.63, 3.8) is 0 Å². The van der Waals surface area contributed by atoms with Crippen LogP contribution in [0, 0.1) is 5.92 Å². The molecule has 0 fully saturated rings. The quantitative estimate of drug-likeness (QED) is 0.483. The molecule has 0 spiro atoms. The zero-order chi connectivity index (χ0) is 17.4. The van der Waals surface area contributed by atoms with Crippen LogP contribution in [0.25, 0.3) is 0 Å². The average molecular weight is 314 g/mol. The van der Waals surface area contributed by atoms with Crippen molar-refractivity contribution < 1.29 is 19.1 Å². The first-order valence-electron chi connectivity index (χ1n) is 8.39. The summed E-state index contributed by atoms with van der Waals surface area (Å²) >= 11 is 0. The van der Waals surface area contributed by atoms with Gasteiger partial charge in [-0.1, -0.05) is 19.8 Å². The molecule has 0 radical (unpaired) electrons. The third-order valence-electron chi connectivity index (χ3n) is 3.09. The monoisotopic (exact) mass is 314 g/mol. The third-order valence-corrected chi connectivity index (χ3v) is 3.09. The SMILES string of the molecule is CCC(CCCCCC(=O)OC(C)(C)C)C(=O)OC(C)(C)C. The second-order valence-electron chi connectivity index (χ2n) is 7.82. The molecule has 0 heterocycles. The highest BCUT2D eigenvalue weighted by Crippen LogP contribution is 2.19. The average Bonchev–Trinajstić information content (AvgIpc) is 2.28. The lowest BCUT2D eigenvalue weighted by atomic mass is 9.98. The fourth-order valence-electron chi connectivity index (χ4n) is 2.10. The van der Waals surface area contributed by atoms with Gasteiger partial charge >= 0.3 is 11.9 Å². The fourth-order valence-corrected chi connectivity index (χ4v) is 2.10. The Balaban J connectivity index is 3.93. The van der Waals surface area contributed by atoms with Gasteiger partial charge < -0.3 is 9.47 Å². The van der Waals surface area contributed by atoms with Gasteiger partial charge in [0.1, 0.15) is 11.2 Å². The Hall–Kier alpha value is -1.06. The van der Waals surface area contributed by atoms with E-state index in [1.807, 2.05) is 48.5 Å². The van der Waals surface area contributed by atoms with E-state index in [0.717, 1.165) is 32.1 Å². The lowest BCUT2D eigenvalue weighted by Crippen LogP contribution is -2.28. The molecule has 0 saturated carbocycles. The molecule has 0 aromatic heterocycles. The van der Waals surface area contributed by atoms with E-state index in [0.29, 0.717) is 6.42 Å². The van der Waals surface area contributed by atoms with Gasteiger partial charge in [0, 0.05) is 6.42 Å². The Labute approximate surface area is 135 Å². The molecule has 0 bridgehead atoms. The topological polar surface area (TPSA) is 52.6 Å². The third kappa shape index (κ3) is 11.6. The second-order valence-corrected chi connectivity index (χ2v) is 7.82. The summed E-state index contributed by atoms with van der Waals surface area (Å²) in [6, 6.07) is 0. The zero-order valence-electron chi connectivity index (χ0n) is 15.5. The van der Waals surface area contributed by atoms with Crippen molar-refractivity contribution in [1.82, 2.24) is 0 Å². The number of carbonyl (C=O) groups is 2. The second kappa shape index (κ2) is 9.16. The molecule has 0 N–H and O–H groups in total. The van der Waals surface area contributed by atoms with E-state index in [-0.39, 0.29) is 17.9 Å². The van der Waals surface area contributed by atoms with Gasteiger partial charge in [0.25, 0.3) is 0 Å². The van der Waals surface area contributed by atoms with Crippen LogP contribution in [0.1, 0.15) is 87.0 Å². The summed E-state index contributed by atoms with van der Waals surface area (Å²) in [5, 5.41) is 0. The minimum Gasteiger partial charge on any atom is -0.460 e. The maximum atomic E-state index is 12.0. The van der Waals surface area contributed by atoms with Gasteiger partial charge in [0.05, 0.1) is 5.92 Å². The summed E-state index contributed by atoms with van der Waals surface area (Å²) in [7, 11) is 0. The van der Waals surface area contributed by atoms with Crippen LogP contribution >= 0.6 is 0 Å². The molecule has 1 unspecified atom stereocenters. The van der Waals surface area contributed by atoms with Crippen LogP contribution in [-0.2, 0) is 19.1 Å². The van der Waals surface area contributed by atoms with Crippen molar-refractivity contribution in [3.8, 4) is 0 Å². The van der Waals surface area contributed by atoms with E-state index in [1.165, 1.54) is 0 Å². The van der Waals surface area contributed by atoms with Crippen molar-refractivity contribution in [2.75, 3.05) is 0 Å². The molecule has 22 heavy (non-hydrogen) atoms. The lowest BCUT2D eigenvalue weighted by molar-refractivity contribution is -0.160.